The largest absolute Gasteiger partial charge is 0.412 e. The fourth-order valence-electron chi connectivity index (χ4n) is 0. The van der Waals surface area contributed by atoms with E-state index < -0.39 is 0 Å². The van der Waals surface area contributed by atoms with E-state index in [0.29, 0.717) is 0 Å². The Balaban J connectivity index is -0.00000000401. The van der Waals surface area contributed by atoms with Gasteiger partial charge in [-0.15, -0.1) is 0 Å². The highest BCUT2D eigenvalue weighted by atomic mass is 16.0. The first-order valence-corrected chi connectivity index (χ1v) is 10.8. The zero-order valence-corrected chi connectivity index (χ0v) is 23.4. The highest BCUT2D eigenvalue weighted by molar-refractivity contribution is 3.92. The van der Waals surface area contributed by atoms with E-state index in [1.807, 2.05) is 111 Å². The summed E-state index contributed by atoms with van der Waals surface area (Å²) in [5.74, 6) is 0. The van der Waals surface area contributed by atoms with Crippen LogP contribution in [0.1, 0.15) is 160 Å². The first-order valence-electron chi connectivity index (χ1n) is 10.8. The summed E-state index contributed by atoms with van der Waals surface area (Å²) in [6.07, 6.45) is 2.50. The number of hydrogen-bond acceptors (Lipinski definition) is 0. The highest BCUT2D eigenvalue weighted by Crippen LogP contribution is 1.56. The molecule has 0 aromatic rings. The van der Waals surface area contributed by atoms with E-state index in [1.54, 1.807) is 0 Å². The first-order chi connectivity index (χ1) is 10.8. The van der Waals surface area contributed by atoms with Gasteiger partial charge in [-0.2, -0.15) is 0 Å². The van der Waals surface area contributed by atoms with Crippen molar-refractivity contribution < 1.29 is 23.3 Å². The zero-order valence-electron chi connectivity index (χ0n) is 23.4. The van der Waals surface area contributed by atoms with Gasteiger partial charge in [0, 0.05) is 1.43 Å². The molecular formula is C23H78O4. The van der Waals surface area contributed by atoms with Crippen molar-refractivity contribution in [3.05, 3.63) is 0 Å². The Kier molecular flexibility index (Phi) is 22300. The van der Waals surface area contributed by atoms with Crippen LogP contribution in [0.15, 0.2) is 0 Å². The van der Waals surface area contributed by atoms with Gasteiger partial charge in [0.25, 0.3) is 0 Å². The minimum absolute atomic E-state index is 0. The Morgan fingerprint density at radius 1 is 0.296 bits per heavy atom. The Morgan fingerprint density at radius 2 is 0.296 bits per heavy atom. The summed E-state index contributed by atoms with van der Waals surface area (Å²) < 4.78 is 0. The summed E-state index contributed by atoms with van der Waals surface area (Å²) >= 11 is 0. The minimum Gasteiger partial charge on any atom is -0.412 e. The van der Waals surface area contributed by atoms with E-state index in [-0.39, 0.29) is 30.8 Å². The summed E-state index contributed by atoms with van der Waals surface area (Å²) in [5, 5.41) is 0. The van der Waals surface area contributed by atoms with Crippen LogP contribution in [0.5, 0.6) is 0 Å². The summed E-state index contributed by atoms with van der Waals surface area (Å²) in [7, 11) is 0. The normalized spacial score (nSPS) is 3.11. The lowest BCUT2D eigenvalue weighted by Gasteiger charge is -1.48. The molecule has 0 spiro atoms. The molecule has 8 N–H and O–H groups in total. The summed E-state index contributed by atoms with van der Waals surface area (Å²) in [5.41, 5.74) is 0. The minimum atomic E-state index is 0. The molecule has 0 aromatic heterocycles. The molecule has 194 valence electrons. The highest BCUT2D eigenvalue weighted by Gasteiger charge is 1.36. The Morgan fingerprint density at radius 3 is 0.296 bits per heavy atom. The molecule has 0 aromatic carbocycles. The van der Waals surface area contributed by atoms with Crippen LogP contribution in [0.4, 0.5) is 0 Å². The van der Waals surface area contributed by atoms with Crippen molar-refractivity contribution in [1.82, 2.24) is 0 Å². The van der Waals surface area contributed by atoms with Gasteiger partial charge in [0.2, 0.25) is 0 Å². The smallest absolute Gasteiger partial charge is 0 e. The van der Waals surface area contributed by atoms with E-state index in [0.717, 1.165) is 0 Å². The maximum Gasteiger partial charge on any atom is 0 e. The maximum absolute atomic E-state index is 2.12. The third-order valence-corrected chi connectivity index (χ3v) is 0. The second-order valence-corrected chi connectivity index (χ2v) is 1.41. The van der Waals surface area contributed by atoms with E-state index in [4.69, 9.17) is 0 Å². The van der Waals surface area contributed by atoms with E-state index >= 15 is 0 Å². The Labute approximate surface area is 182 Å². The lowest BCUT2D eigenvalue weighted by Crippen LogP contribution is -1.27. The molecule has 0 unspecified atom stereocenters. The Hall–Kier alpha value is -0.160. The summed E-state index contributed by atoms with van der Waals surface area (Å²) in [6, 6.07) is 0. The average molecular weight is 420 g/mol. The second-order valence-electron chi connectivity index (χ2n) is 1.41. The predicted octanol–water partition coefficient (Wildman–Crippen LogP) is 8.63. The predicted molar refractivity (Wildman–Crippen MR) is 146 cm³/mol. The number of hydrogen-bond donors (Lipinski definition) is 0. The first kappa shape index (κ1) is 128. The van der Waals surface area contributed by atoms with Gasteiger partial charge in [0.1, 0.15) is 0 Å². The van der Waals surface area contributed by atoms with E-state index in [9.17, 15) is 0 Å². The second kappa shape index (κ2) is 4710. The fourth-order valence-corrected chi connectivity index (χ4v) is 0. The molecule has 0 rings (SSSR count). The monoisotopic (exact) mass is 420 g/mol. The molecule has 27 heavy (non-hydrogen) atoms. The van der Waals surface area contributed by atoms with Crippen LogP contribution in [-0.4, -0.2) is 21.9 Å². The van der Waals surface area contributed by atoms with Crippen molar-refractivity contribution in [2.24, 2.45) is 0 Å². The van der Waals surface area contributed by atoms with Gasteiger partial charge in [-0.1, -0.05) is 159 Å². The summed E-state index contributed by atoms with van der Waals surface area (Å²) in [4.78, 5) is 0. The molecular weight excluding hydrogens is 340 g/mol. The van der Waals surface area contributed by atoms with Gasteiger partial charge in [-0.3, -0.25) is 0 Å². The van der Waals surface area contributed by atoms with Crippen molar-refractivity contribution >= 4 is 0 Å². The SMILES string of the molecule is C.CC.CC.CC.CC.CC.CC.CC.CC.CCC.CCC.O.O.O.O.[2HH]. The van der Waals surface area contributed by atoms with Crippen LogP contribution in [-0.2, 0) is 0 Å². The third-order valence-electron chi connectivity index (χ3n) is 0. The lowest BCUT2D eigenvalue weighted by molar-refractivity contribution is 0.823. The van der Waals surface area contributed by atoms with Crippen LogP contribution in [0.3, 0.4) is 0 Å². The van der Waals surface area contributed by atoms with Crippen molar-refractivity contribution in [1.29, 1.82) is 0 Å². The summed E-state index contributed by atoms with van der Waals surface area (Å²) in [6.45, 7) is 40.5. The van der Waals surface area contributed by atoms with Crippen LogP contribution in [0.25, 0.3) is 0 Å². The van der Waals surface area contributed by atoms with Crippen molar-refractivity contribution in [2.75, 3.05) is 0 Å². The number of rotatable bonds is 0. The van der Waals surface area contributed by atoms with Gasteiger partial charge < -0.3 is 21.9 Å². The third kappa shape index (κ3) is 574000. The van der Waals surface area contributed by atoms with Crippen LogP contribution >= 0.6 is 0 Å². The van der Waals surface area contributed by atoms with Crippen LogP contribution in [0, 0.1) is 0 Å². The van der Waals surface area contributed by atoms with Crippen molar-refractivity contribution in [3.8, 4) is 0 Å². The molecule has 0 saturated carbocycles. The molecule has 0 fully saturated rings. The average Bonchev–Trinajstić information content (AvgIpc) is 2.69. The van der Waals surface area contributed by atoms with Gasteiger partial charge in [0.05, 0.1) is 0 Å². The lowest BCUT2D eigenvalue weighted by atomic mass is 10.6. The Bertz CT molecular complexity index is 24.6. The van der Waals surface area contributed by atoms with Gasteiger partial charge >= 0.3 is 0 Å². The molecule has 0 bridgehead atoms. The molecule has 0 atom stereocenters. The van der Waals surface area contributed by atoms with Crippen LogP contribution < -0.4 is 0 Å². The molecule has 0 heterocycles. The molecule has 4 nitrogen and oxygen atoms in total. The molecule has 4 heteroatoms. The van der Waals surface area contributed by atoms with E-state index in [1.165, 1.54) is 12.8 Å². The van der Waals surface area contributed by atoms with Crippen LogP contribution in [0.2, 0.25) is 0 Å². The van der Waals surface area contributed by atoms with E-state index in [2.05, 4.69) is 27.7 Å². The van der Waals surface area contributed by atoms with Gasteiger partial charge in [-0.05, 0) is 0 Å². The fraction of sp³-hybridized carbons (Fsp3) is 1.00. The zero-order chi connectivity index (χ0) is 21.4. The van der Waals surface area contributed by atoms with Crippen molar-refractivity contribution in [2.45, 2.75) is 159 Å². The maximum atomic E-state index is 2.12. The van der Waals surface area contributed by atoms with Gasteiger partial charge in [-0.25, -0.2) is 0 Å². The molecule has 0 radical (unpaired) electrons. The molecule has 0 aliphatic heterocycles. The quantitative estimate of drug-likeness (QED) is 0.372. The molecule has 0 saturated heterocycles. The molecule has 0 aliphatic carbocycles. The van der Waals surface area contributed by atoms with Crippen molar-refractivity contribution in [3.63, 3.8) is 0 Å². The molecule has 0 amide bonds. The molecule has 0 aliphatic rings. The standard InChI is InChI=1S/2C3H8.8C2H6.CH4.4H2O.H2/c2*1-3-2;8*1-2;;;;;;/h2*3H2,1-2H3;8*1-2H3;1H4;4*1H2;1H/i;;;;;;;;;;;;;;;1+1. The van der Waals surface area contributed by atoms with Gasteiger partial charge in [0.15, 0.2) is 0 Å². The topological polar surface area (TPSA) is 126 Å².